The number of benzene rings is 1. The maximum absolute atomic E-state index is 12.8. The van der Waals surface area contributed by atoms with Gasteiger partial charge in [0, 0.05) is 6.07 Å². The predicted octanol–water partition coefficient (Wildman–Crippen LogP) is 4.01. The molecule has 0 fully saturated rings. The summed E-state index contributed by atoms with van der Waals surface area (Å²) in [5.74, 6) is -0.268. The second-order valence-corrected chi connectivity index (χ2v) is 4.34. The van der Waals surface area contributed by atoms with Crippen LogP contribution >= 0.6 is 11.8 Å². The van der Waals surface area contributed by atoms with Crippen LogP contribution in [-0.2, 0) is 6.18 Å². The molecule has 100 valence electrons. The molecule has 0 bridgehead atoms. The molecule has 0 radical (unpaired) electrons. The van der Waals surface area contributed by atoms with E-state index < -0.39 is 11.7 Å². The normalized spacial score (nSPS) is 11.4. The molecule has 7 heteroatoms. The van der Waals surface area contributed by atoms with Gasteiger partial charge in [-0.25, -0.2) is 0 Å². The minimum Gasteiger partial charge on any atom is -0.437 e. The highest BCUT2D eigenvalue weighted by atomic mass is 32.2. The molecule has 1 aromatic carbocycles. The molecule has 1 heterocycles. The van der Waals surface area contributed by atoms with E-state index in [4.69, 9.17) is 4.74 Å². The molecule has 19 heavy (non-hydrogen) atoms. The molecule has 0 unspecified atom stereocenters. The largest absolute Gasteiger partial charge is 0.437 e. The zero-order chi connectivity index (χ0) is 13.9. The Morgan fingerprint density at radius 2 is 1.79 bits per heavy atom. The number of aromatic nitrogens is 2. The van der Waals surface area contributed by atoms with Crippen LogP contribution in [0.15, 0.2) is 41.4 Å². The molecule has 1 aromatic heterocycles. The maximum Gasteiger partial charge on any atom is 0.419 e. The highest BCUT2D eigenvalue weighted by molar-refractivity contribution is 7.98. The molecule has 0 aliphatic carbocycles. The van der Waals surface area contributed by atoms with Gasteiger partial charge in [0.2, 0.25) is 5.88 Å². The zero-order valence-electron chi connectivity index (χ0n) is 9.81. The summed E-state index contributed by atoms with van der Waals surface area (Å²) in [7, 11) is 0. The number of thioether (sulfide) groups is 1. The van der Waals surface area contributed by atoms with Gasteiger partial charge in [-0.1, -0.05) is 12.1 Å². The molecule has 0 atom stereocenters. The van der Waals surface area contributed by atoms with Gasteiger partial charge in [0.15, 0.2) is 0 Å². The lowest BCUT2D eigenvalue weighted by Crippen LogP contribution is -2.07. The van der Waals surface area contributed by atoms with E-state index in [9.17, 15) is 13.2 Å². The van der Waals surface area contributed by atoms with Gasteiger partial charge in [-0.05, 0) is 24.5 Å². The van der Waals surface area contributed by atoms with Crippen molar-refractivity contribution >= 4 is 11.8 Å². The summed E-state index contributed by atoms with van der Waals surface area (Å²) < 4.78 is 43.4. The average molecular weight is 286 g/mol. The molecule has 0 N–H and O–H groups in total. The number of nitrogens with zero attached hydrogens (tertiary/aromatic N) is 2. The van der Waals surface area contributed by atoms with Crippen LogP contribution in [0.5, 0.6) is 11.6 Å². The Morgan fingerprint density at radius 3 is 2.37 bits per heavy atom. The fraction of sp³-hybridized carbons (Fsp3) is 0.167. The van der Waals surface area contributed by atoms with Crippen molar-refractivity contribution in [3.63, 3.8) is 0 Å². The Balaban J connectivity index is 2.28. The molecule has 3 nitrogen and oxygen atoms in total. The number of hydrogen-bond donors (Lipinski definition) is 0. The number of hydrogen-bond acceptors (Lipinski definition) is 4. The molecule has 0 aliphatic heterocycles. The first kappa shape index (κ1) is 13.7. The van der Waals surface area contributed by atoms with Crippen molar-refractivity contribution in [2.24, 2.45) is 0 Å². The van der Waals surface area contributed by atoms with Crippen LogP contribution in [0.1, 0.15) is 5.56 Å². The van der Waals surface area contributed by atoms with E-state index >= 15 is 0 Å². The van der Waals surface area contributed by atoms with Crippen LogP contribution < -0.4 is 4.74 Å². The van der Waals surface area contributed by atoms with E-state index in [0.717, 1.165) is 6.07 Å². The minimum atomic E-state index is -4.47. The fourth-order valence-electron chi connectivity index (χ4n) is 1.37. The summed E-state index contributed by atoms with van der Waals surface area (Å²) in [6.45, 7) is 0. The Morgan fingerprint density at radius 1 is 1.05 bits per heavy atom. The lowest BCUT2D eigenvalue weighted by molar-refractivity contribution is -0.138. The topological polar surface area (TPSA) is 35.0 Å². The second kappa shape index (κ2) is 5.48. The Labute approximate surface area is 111 Å². The van der Waals surface area contributed by atoms with Crippen molar-refractivity contribution < 1.29 is 17.9 Å². The summed E-state index contributed by atoms with van der Waals surface area (Å²) >= 11 is 1.38. The van der Waals surface area contributed by atoms with Crippen molar-refractivity contribution in [2.45, 2.75) is 11.2 Å². The van der Waals surface area contributed by atoms with Gasteiger partial charge in [0.25, 0.3) is 0 Å². The van der Waals surface area contributed by atoms with E-state index in [1.165, 1.54) is 36.0 Å². The molecule has 0 amide bonds. The lowest BCUT2D eigenvalue weighted by Gasteiger charge is -2.12. The van der Waals surface area contributed by atoms with E-state index in [1.807, 2.05) is 6.26 Å². The average Bonchev–Trinajstić information content (AvgIpc) is 2.39. The number of para-hydroxylation sites is 1. The fourth-order valence-corrected chi connectivity index (χ4v) is 1.70. The Bertz CT molecular complexity index is 558. The molecule has 0 saturated carbocycles. The summed E-state index contributed by atoms with van der Waals surface area (Å²) in [4.78, 5) is 0. The summed E-state index contributed by atoms with van der Waals surface area (Å²) in [5, 5.41) is 8.16. The minimum absolute atomic E-state index is 0.0227. The van der Waals surface area contributed by atoms with Crippen LogP contribution in [0.3, 0.4) is 0 Å². The summed E-state index contributed by atoms with van der Waals surface area (Å²) in [5.41, 5.74) is -0.842. The molecule has 2 rings (SSSR count). The smallest absolute Gasteiger partial charge is 0.419 e. The van der Waals surface area contributed by atoms with E-state index in [1.54, 1.807) is 6.07 Å². The van der Waals surface area contributed by atoms with Gasteiger partial charge < -0.3 is 4.74 Å². The van der Waals surface area contributed by atoms with E-state index in [-0.39, 0.29) is 11.6 Å². The van der Waals surface area contributed by atoms with Crippen LogP contribution in [0, 0.1) is 0 Å². The maximum atomic E-state index is 12.8. The van der Waals surface area contributed by atoms with Gasteiger partial charge in [0.05, 0.1) is 5.56 Å². The van der Waals surface area contributed by atoms with Gasteiger partial charge >= 0.3 is 6.18 Å². The molecular formula is C12H9F3N2OS. The molecule has 0 aliphatic rings. The SMILES string of the molecule is CSc1ccc(Oc2ccccc2C(F)(F)F)nn1. The number of rotatable bonds is 3. The lowest BCUT2D eigenvalue weighted by atomic mass is 10.2. The first-order valence-electron chi connectivity index (χ1n) is 5.22. The number of ether oxygens (including phenoxy) is 1. The van der Waals surface area contributed by atoms with Crippen molar-refractivity contribution in [1.29, 1.82) is 0 Å². The van der Waals surface area contributed by atoms with E-state index in [2.05, 4.69) is 10.2 Å². The molecular weight excluding hydrogens is 277 g/mol. The monoisotopic (exact) mass is 286 g/mol. The van der Waals surface area contributed by atoms with Crippen molar-refractivity contribution in [1.82, 2.24) is 10.2 Å². The van der Waals surface area contributed by atoms with Crippen LogP contribution in [-0.4, -0.2) is 16.5 Å². The van der Waals surface area contributed by atoms with Gasteiger partial charge in [-0.15, -0.1) is 22.0 Å². The van der Waals surface area contributed by atoms with Gasteiger partial charge in [0.1, 0.15) is 10.8 Å². The Hall–Kier alpha value is -1.76. The number of alkyl halides is 3. The predicted molar refractivity (Wildman–Crippen MR) is 65.3 cm³/mol. The van der Waals surface area contributed by atoms with Gasteiger partial charge in [-0.2, -0.15) is 13.2 Å². The first-order valence-corrected chi connectivity index (χ1v) is 6.45. The Kier molecular flexibility index (Phi) is 3.94. The van der Waals surface area contributed by atoms with Crippen LogP contribution in [0.2, 0.25) is 0 Å². The van der Waals surface area contributed by atoms with Crippen LogP contribution in [0.4, 0.5) is 13.2 Å². The third-order valence-electron chi connectivity index (χ3n) is 2.23. The molecule has 0 spiro atoms. The highest BCUT2D eigenvalue weighted by Crippen LogP contribution is 2.37. The van der Waals surface area contributed by atoms with Crippen LogP contribution in [0.25, 0.3) is 0 Å². The quantitative estimate of drug-likeness (QED) is 0.799. The molecule has 2 aromatic rings. The van der Waals surface area contributed by atoms with Gasteiger partial charge in [-0.3, -0.25) is 0 Å². The second-order valence-electron chi connectivity index (χ2n) is 3.51. The first-order chi connectivity index (χ1) is 9.00. The van der Waals surface area contributed by atoms with E-state index in [0.29, 0.717) is 5.03 Å². The molecule has 0 saturated heterocycles. The number of halogens is 3. The van der Waals surface area contributed by atoms with Crippen molar-refractivity contribution in [2.75, 3.05) is 6.26 Å². The highest BCUT2D eigenvalue weighted by Gasteiger charge is 2.34. The summed E-state index contributed by atoms with van der Waals surface area (Å²) in [6.07, 6.45) is -2.65. The standard InChI is InChI=1S/C12H9F3N2OS/c1-19-11-7-6-10(16-17-11)18-9-5-3-2-4-8(9)12(13,14)15/h2-7H,1H3. The van der Waals surface area contributed by atoms with Crippen molar-refractivity contribution in [3.8, 4) is 11.6 Å². The third-order valence-corrected chi connectivity index (χ3v) is 2.87. The summed E-state index contributed by atoms with van der Waals surface area (Å²) in [6, 6.07) is 8.08. The zero-order valence-corrected chi connectivity index (χ0v) is 10.6. The third kappa shape index (κ3) is 3.37. The van der Waals surface area contributed by atoms with Crippen molar-refractivity contribution in [3.05, 3.63) is 42.0 Å².